The smallest absolute Gasteiger partial charge is 0.342 e. The molecule has 0 amide bonds. The summed E-state index contributed by atoms with van der Waals surface area (Å²) in [6, 6.07) is -0.278. The fourth-order valence-corrected chi connectivity index (χ4v) is 7.18. The monoisotopic (exact) mass is 564 g/mol. The van der Waals surface area contributed by atoms with Crippen molar-refractivity contribution in [1.82, 2.24) is 20.3 Å². The standard InChI is InChI=1S/C34H36N4O4/c1-8-18-15(4)22-11-23-16(5)19(9-2)31(37-23)29-30(34(41)42-7)33(40)28-17(6)24(38-32(28)29)12-26-20(10-3)21(14-39)27(36-26)13-25(18)35-22/h8,11-14,16,19,31,35-38H,1,9-10H2,2-7H3/t16-,19-,31?/m0/s1. The van der Waals surface area contributed by atoms with Crippen LogP contribution in [0.5, 0.6) is 0 Å². The molecule has 1 aliphatic carbocycles. The van der Waals surface area contributed by atoms with Gasteiger partial charge >= 0.3 is 5.97 Å². The molecule has 42 heavy (non-hydrogen) atoms. The Morgan fingerprint density at radius 2 is 1.71 bits per heavy atom. The Balaban J connectivity index is 1.75. The highest BCUT2D eigenvalue weighted by molar-refractivity contribution is 6.34. The van der Waals surface area contributed by atoms with Gasteiger partial charge < -0.3 is 25.0 Å². The zero-order chi connectivity index (χ0) is 30.0. The zero-order valence-electron chi connectivity index (χ0n) is 24.9. The fourth-order valence-electron chi connectivity index (χ4n) is 7.18. The molecule has 2 aliphatic heterocycles. The molecular weight excluding hydrogens is 528 g/mol. The van der Waals surface area contributed by atoms with Crippen LogP contribution in [0.1, 0.15) is 92.9 Å². The summed E-state index contributed by atoms with van der Waals surface area (Å²) in [5, 5.41) is 5.20. The number of aromatic nitrogens is 3. The van der Waals surface area contributed by atoms with E-state index in [1.807, 2.05) is 32.1 Å². The first-order valence-electron chi connectivity index (χ1n) is 14.5. The summed E-state index contributed by atoms with van der Waals surface area (Å²) in [6.45, 7) is 14.3. The van der Waals surface area contributed by atoms with Gasteiger partial charge in [-0.15, -0.1) is 0 Å². The van der Waals surface area contributed by atoms with Crippen molar-refractivity contribution < 1.29 is 19.1 Å². The molecule has 0 spiro atoms. The van der Waals surface area contributed by atoms with Gasteiger partial charge in [0.05, 0.1) is 29.8 Å². The number of aromatic amines is 3. The molecule has 3 atom stereocenters. The van der Waals surface area contributed by atoms with Crippen molar-refractivity contribution in [2.24, 2.45) is 11.8 Å². The van der Waals surface area contributed by atoms with Crippen LogP contribution in [0.25, 0.3) is 29.9 Å². The molecule has 8 bridgehead atoms. The second-order valence-corrected chi connectivity index (χ2v) is 11.4. The third-order valence-electron chi connectivity index (χ3n) is 9.47. The Bertz CT molecular complexity index is 1890. The Kier molecular flexibility index (Phi) is 6.60. The van der Waals surface area contributed by atoms with Crippen LogP contribution >= 0.6 is 0 Å². The summed E-state index contributed by atoms with van der Waals surface area (Å²) in [5.41, 5.74) is 9.67. The van der Waals surface area contributed by atoms with Crippen LogP contribution in [0.2, 0.25) is 0 Å². The number of hydrogen-bond acceptors (Lipinski definition) is 5. The maximum absolute atomic E-state index is 13.9. The molecule has 3 aliphatic rings. The van der Waals surface area contributed by atoms with Crippen LogP contribution in [0.4, 0.5) is 0 Å². The molecule has 1 saturated heterocycles. The first-order chi connectivity index (χ1) is 20.2. The molecule has 4 N–H and O–H groups in total. The minimum atomic E-state index is -0.630. The molecule has 6 rings (SSSR count). The molecule has 8 nitrogen and oxygen atoms in total. The minimum absolute atomic E-state index is 0.0837. The zero-order valence-corrected chi connectivity index (χ0v) is 24.9. The van der Waals surface area contributed by atoms with E-state index in [-0.39, 0.29) is 29.2 Å². The van der Waals surface area contributed by atoms with Gasteiger partial charge in [-0.3, -0.25) is 9.59 Å². The summed E-state index contributed by atoms with van der Waals surface area (Å²) in [4.78, 5) is 49.9. The highest BCUT2D eigenvalue weighted by Crippen LogP contribution is 2.46. The minimum Gasteiger partial charge on any atom is -0.465 e. The maximum Gasteiger partial charge on any atom is 0.342 e. The molecule has 8 heteroatoms. The lowest BCUT2D eigenvalue weighted by Crippen LogP contribution is -2.30. The molecule has 1 fully saturated rings. The number of ether oxygens (including phenoxy) is 1. The van der Waals surface area contributed by atoms with Gasteiger partial charge in [0.2, 0.25) is 5.78 Å². The van der Waals surface area contributed by atoms with Gasteiger partial charge in [-0.1, -0.05) is 39.8 Å². The van der Waals surface area contributed by atoms with E-state index in [0.29, 0.717) is 34.2 Å². The van der Waals surface area contributed by atoms with Crippen LogP contribution in [0, 0.1) is 25.7 Å². The van der Waals surface area contributed by atoms with Gasteiger partial charge in [-0.2, -0.15) is 0 Å². The number of Topliss-reactive ketones (excluding diaryl/α,β-unsaturated/α-hetero) is 1. The quantitative estimate of drug-likeness (QED) is 0.212. The van der Waals surface area contributed by atoms with E-state index in [1.54, 1.807) is 0 Å². The second kappa shape index (κ2) is 10.0. The predicted octanol–water partition coefficient (Wildman–Crippen LogP) is 4.07. The third kappa shape index (κ3) is 3.77. The van der Waals surface area contributed by atoms with E-state index >= 15 is 0 Å². The number of methoxy groups -OCH3 is 1. The lowest BCUT2D eigenvalue weighted by atomic mass is 9.83. The maximum atomic E-state index is 13.9. The third-order valence-corrected chi connectivity index (χ3v) is 9.47. The SMILES string of the molecule is C=Cc1c2[nH]c(c1C)C=C1NC(C3=C(C(=O)OC)C(=O)c4c3[nH]c(c4C)C=c3[nH]c(c(C=O)c3CC)=C2)[C@@H](CC)[C@@H]1C. The van der Waals surface area contributed by atoms with E-state index in [4.69, 9.17) is 4.74 Å². The molecule has 0 radical (unpaired) electrons. The number of esters is 1. The summed E-state index contributed by atoms with van der Waals surface area (Å²) in [7, 11) is 1.31. The summed E-state index contributed by atoms with van der Waals surface area (Å²) < 4.78 is 5.14. The van der Waals surface area contributed by atoms with Crippen LogP contribution < -0.4 is 16.0 Å². The number of H-pyrrole nitrogens is 3. The molecule has 0 aromatic carbocycles. The largest absolute Gasteiger partial charge is 0.465 e. The number of carbonyl (C=O) groups excluding carboxylic acids is 3. The van der Waals surface area contributed by atoms with Crippen molar-refractivity contribution in [3.63, 3.8) is 0 Å². The first-order valence-corrected chi connectivity index (χ1v) is 14.5. The summed E-state index contributed by atoms with van der Waals surface area (Å²) >= 11 is 0. The lowest BCUT2D eigenvalue weighted by Gasteiger charge is -2.22. The molecule has 3 aromatic rings. The highest BCUT2D eigenvalue weighted by atomic mass is 16.5. The lowest BCUT2D eigenvalue weighted by molar-refractivity contribution is -0.135. The molecule has 3 aromatic heterocycles. The van der Waals surface area contributed by atoms with Gasteiger partial charge in [-0.25, -0.2) is 4.79 Å². The average Bonchev–Trinajstić information content (AvgIpc) is 3.72. The molecule has 5 heterocycles. The Hall–Kier alpha value is -4.59. The highest BCUT2D eigenvalue weighted by Gasteiger charge is 2.47. The Morgan fingerprint density at radius 3 is 2.36 bits per heavy atom. The van der Waals surface area contributed by atoms with E-state index < -0.39 is 5.97 Å². The van der Waals surface area contributed by atoms with E-state index in [2.05, 4.69) is 53.7 Å². The van der Waals surface area contributed by atoms with E-state index in [1.165, 1.54) is 7.11 Å². The van der Waals surface area contributed by atoms with Gasteiger partial charge in [-0.05, 0) is 61.1 Å². The number of rotatable bonds is 5. The van der Waals surface area contributed by atoms with Crippen LogP contribution in [0.3, 0.4) is 0 Å². The van der Waals surface area contributed by atoms with Crippen molar-refractivity contribution >= 4 is 47.9 Å². The number of aldehydes is 1. The van der Waals surface area contributed by atoms with Gasteiger partial charge in [0, 0.05) is 50.7 Å². The van der Waals surface area contributed by atoms with Crippen LogP contribution in [-0.4, -0.2) is 46.1 Å². The van der Waals surface area contributed by atoms with E-state index in [0.717, 1.165) is 63.1 Å². The predicted molar refractivity (Wildman–Crippen MR) is 164 cm³/mol. The normalized spacial score (nSPS) is 20.6. The topological polar surface area (TPSA) is 120 Å². The number of hydrogen-bond donors (Lipinski definition) is 4. The van der Waals surface area contributed by atoms with Gasteiger partial charge in [0.15, 0.2) is 6.29 Å². The van der Waals surface area contributed by atoms with Crippen molar-refractivity contribution in [2.75, 3.05) is 7.11 Å². The number of nitrogens with one attached hydrogen (secondary N) is 4. The van der Waals surface area contributed by atoms with Gasteiger partial charge in [0.25, 0.3) is 0 Å². The molecular formula is C34H36N4O4. The van der Waals surface area contributed by atoms with Gasteiger partial charge in [0.1, 0.15) is 5.57 Å². The number of ketones is 1. The second-order valence-electron chi connectivity index (χ2n) is 11.4. The number of fused-ring (bicyclic) bond motifs is 8. The van der Waals surface area contributed by atoms with Crippen molar-refractivity contribution in [3.05, 3.63) is 84.7 Å². The summed E-state index contributed by atoms with van der Waals surface area (Å²) in [6.07, 6.45) is 10.2. The first kappa shape index (κ1) is 27.6. The Labute approximate surface area is 244 Å². The molecule has 1 unspecified atom stereocenters. The number of carbonyl (C=O) groups is 3. The molecule has 0 saturated carbocycles. The van der Waals surface area contributed by atoms with Crippen LogP contribution in [-0.2, 0) is 16.0 Å². The van der Waals surface area contributed by atoms with E-state index in [9.17, 15) is 14.4 Å². The molecule has 216 valence electrons. The average molecular weight is 565 g/mol. The Morgan fingerprint density at radius 1 is 1.00 bits per heavy atom. The van der Waals surface area contributed by atoms with Crippen LogP contribution in [0.15, 0.2) is 17.8 Å². The number of allylic oxidation sites excluding steroid dienone is 1. The van der Waals surface area contributed by atoms with Crippen molar-refractivity contribution in [3.8, 4) is 0 Å². The summed E-state index contributed by atoms with van der Waals surface area (Å²) in [5.74, 6) is -0.697. The van der Waals surface area contributed by atoms with Crippen molar-refractivity contribution in [1.29, 1.82) is 0 Å². The fraction of sp³-hybridized carbons (Fsp3) is 0.324. The van der Waals surface area contributed by atoms with Crippen molar-refractivity contribution in [2.45, 2.75) is 53.5 Å².